The van der Waals surface area contributed by atoms with E-state index in [1.807, 2.05) is 57.2 Å². The minimum absolute atomic E-state index is 0.0239. The third kappa shape index (κ3) is 6.65. The Morgan fingerprint density at radius 1 is 0.853 bits per heavy atom. The largest absolute Gasteiger partial charge is 0.497 e. The molecule has 0 saturated heterocycles. The quantitative estimate of drug-likeness (QED) is 0.445. The van der Waals surface area contributed by atoms with Crippen LogP contribution in [0.5, 0.6) is 5.75 Å². The van der Waals surface area contributed by atoms with Crippen LogP contribution in [0.1, 0.15) is 33.9 Å². The number of hydrogen-bond acceptors (Lipinski definition) is 4. The fourth-order valence-corrected chi connectivity index (χ4v) is 3.88. The fraction of sp³-hybridized carbons (Fsp3) is 0.259. The number of amides is 2. The molecule has 34 heavy (non-hydrogen) atoms. The lowest BCUT2D eigenvalue weighted by Gasteiger charge is -2.20. The summed E-state index contributed by atoms with van der Waals surface area (Å²) in [5, 5.41) is 8.72. The lowest BCUT2D eigenvalue weighted by molar-refractivity contribution is -0.123. The number of nitrogens with one attached hydrogen (secondary N) is 3. The summed E-state index contributed by atoms with van der Waals surface area (Å²) >= 11 is 0. The molecule has 6 nitrogen and oxygen atoms in total. The van der Waals surface area contributed by atoms with Gasteiger partial charge in [0.2, 0.25) is 11.8 Å². The molecule has 3 rings (SSSR count). The Morgan fingerprint density at radius 3 is 1.97 bits per heavy atom. The van der Waals surface area contributed by atoms with Gasteiger partial charge in [0.1, 0.15) is 11.6 Å². The molecule has 0 aliphatic rings. The molecular weight excluding hydrogens is 433 g/mol. The highest BCUT2D eigenvalue weighted by Gasteiger charge is 2.16. The molecule has 0 aliphatic heterocycles. The summed E-state index contributed by atoms with van der Waals surface area (Å²) in [7, 11) is 1.59. The maximum absolute atomic E-state index is 13.4. The summed E-state index contributed by atoms with van der Waals surface area (Å²) in [5.74, 6) is -0.244. The van der Waals surface area contributed by atoms with Gasteiger partial charge < -0.3 is 15.4 Å². The molecule has 0 saturated carbocycles. The number of aryl methyl sites for hydroxylation is 3. The van der Waals surface area contributed by atoms with Crippen molar-refractivity contribution < 1.29 is 18.7 Å². The van der Waals surface area contributed by atoms with Crippen molar-refractivity contribution >= 4 is 17.5 Å². The highest BCUT2D eigenvalue weighted by Crippen LogP contribution is 2.24. The smallest absolute Gasteiger partial charge is 0.243 e. The number of anilines is 1. The Bertz CT molecular complexity index is 1120. The first-order valence-corrected chi connectivity index (χ1v) is 11.0. The molecule has 178 valence electrons. The van der Waals surface area contributed by atoms with E-state index in [0.717, 1.165) is 33.5 Å². The van der Waals surface area contributed by atoms with Gasteiger partial charge in [-0.1, -0.05) is 42.0 Å². The molecule has 0 aliphatic carbocycles. The number of halogens is 1. The first-order chi connectivity index (χ1) is 16.3. The van der Waals surface area contributed by atoms with Gasteiger partial charge in [-0.25, -0.2) is 4.39 Å². The predicted octanol–water partition coefficient (Wildman–Crippen LogP) is 4.19. The van der Waals surface area contributed by atoms with Crippen molar-refractivity contribution in [3.8, 4) is 5.75 Å². The van der Waals surface area contributed by atoms with Gasteiger partial charge in [0.05, 0.1) is 26.2 Å². The molecule has 3 aromatic rings. The number of benzene rings is 3. The number of methoxy groups -OCH3 is 1. The summed E-state index contributed by atoms with van der Waals surface area (Å²) in [5.41, 5.74) is 5.53. The third-order valence-electron chi connectivity index (χ3n) is 5.51. The zero-order valence-electron chi connectivity index (χ0n) is 19.9. The van der Waals surface area contributed by atoms with Crippen molar-refractivity contribution in [2.75, 3.05) is 25.5 Å². The molecule has 7 heteroatoms. The molecule has 3 N–H and O–H groups in total. The van der Waals surface area contributed by atoms with Crippen LogP contribution in [0.3, 0.4) is 0 Å². The SMILES string of the molecule is COc1ccc(C(NCC(=O)NCC(=O)Nc2c(C)cc(C)cc2C)c2ccc(F)cc2)cc1. The maximum Gasteiger partial charge on any atom is 0.243 e. The van der Waals surface area contributed by atoms with Gasteiger partial charge in [0, 0.05) is 5.69 Å². The van der Waals surface area contributed by atoms with Crippen molar-refractivity contribution in [3.05, 3.63) is 94.3 Å². The maximum atomic E-state index is 13.4. The Hall–Kier alpha value is -3.71. The van der Waals surface area contributed by atoms with Crippen LogP contribution in [-0.2, 0) is 9.59 Å². The summed E-state index contributed by atoms with van der Waals surface area (Å²) in [4.78, 5) is 24.9. The summed E-state index contributed by atoms with van der Waals surface area (Å²) in [6, 6.07) is 17.2. The minimum Gasteiger partial charge on any atom is -0.497 e. The van der Waals surface area contributed by atoms with E-state index in [9.17, 15) is 14.0 Å². The van der Waals surface area contributed by atoms with E-state index in [0.29, 0.717) is 5.75 Å². The lowest BCUT2D eigenvalue weighted by Crippen LogP contribution is -2.39. The molecule has 0 heterocycles. The van der Waals surface area contributed by atoms with E-state index < -0.39 is 0 Å². The molecule has 3 aromatic carbocycles. The molecular formula is C27H30FN3O3. The first-order valence-electron chi connectivity index (χ1n) is 11.0. The third-order valence-corrected chi connectivity index (χ3v) is 5.51. The van der Waals surface area contributed by atoms with Crippen molar-refractivity contribution in [2.45, 2.75) is 26.8 Å². The second kappa shape index (κ2) is 11.4. The number of ether oxygens (including phenoxy) is 1. The van der Waals surface area contributed by atoms with Crippen LogP contribution in [0.15, 0.2) is 60.7 Å². The monoisotopic (exact) mass is 463 g/mol. The summed E-state index contributed by atoms with van der Waals surface area (Å²) < 4.78 is 18.6. The van der Waals surface area contributed by atoms with Crippen molar-refractivity contribution in [3.63, 3.8) is 0 Å². The van der Waals surface area contributed by atoms with Crippen LogP contribution in [0.4, 0.5) is 10.1 Å². The van der Waals surface area contributed by atoms with Crippen LogP contribution in [0.25, 0.3) is 0 Å². The van der Waals surface area contributed by atoms with E-state index in [2.05, 4.69) is 16.0 Å². The number of rotatable bonds is 9. The van der Waals surface area contributed by atoms with E-state index in [4.69, 9.17) is 4.74 Å². The summed E-state index contributed by atoms with van der Waals surface area (Å²) in [6.45, 7) is 5.71. The van der Waals surface area contributed by atoms with Crippen molar-refractivity contribution in [1.29, 1.82) is 0 Å². The molecule has 1 atom stereocenters. The van der Waals surface area contributed by atoms with Gasteiger partial charge in [-0.15, -0.1) is 0 Å². The Balaban J connectivity index is 1.60. The number of hydrogen-bond donors (Lipinski definition) is 3. The van der Waals surface area contributed by atoms with Gasteiger partial charge in [0.15, 0.2) is 0 Å². The van der Waals surface area contributed by atoms with Crippen LogP contribution in [0, 0.1) is 26.6 Å². The molecule has 0 bridgehead atoms. The molecule has 0 radical (unpaired) electrons. The van der Waals surface area contributed by atoms with Gasteiger partial charge in [-0.2, -0.15) is 0 Å². The van der Waals surface area contributed by atoms with Gasteiger partial charge >= 0.3 is 0 Å². The van der Waals surface area contributed by atoms with E-state index in [1.165, 1.54) is 12.1 Å². The predicted molar refractivity (Wildman–Crippen MR) is 132 cm³/mol. The Morgan fingerprint density at radius 2 is 1.41 bits per heavy atom. The first kappa shape index (κ1) is 24.9. The summed E-state index contributed by atoms with van der Waals surface area (Å²) in [6.07, 6.45) is 0. The number of carbonyl (C=O) groups excluding carboxylic acids is 2. The van der Waals surface area contributed by atoms with E-state index in [-0.39, 0.29) is 36.8 Å². The second-order valence-corrected chi connectivity index (χ2v) is 8.24. The lowest BCUT2D eigenvalue weighted by atomic mass is 9.98. The average molecular weight is 464 g/mol. The van der Waals surface area contributed by atoms with Crippen LogP contribution in [-0.4, -0.2) is 32.0 Å². The second-order valence-electron chi connectivity index (χ2n) is 8.24. The highest BCUT2D eigenvalue weighted by molar-refractivity contribution is 5.96. The van der Waals surface area contributed by atoms with Crippen LogP contribution < -0.4 is 20.7 Å². The van der Waals surface area contributed by atoms with E-state index >= 15 is 0 Å². The Kier molecular flexibility index (Phi) is 8.38. The molecule has 0 aromatic heterocycles. The molecule has 2 amide bonds. The van der Waals surface area contributed by atoms with Gasteiger partial charge in [-0.3, -0.25) is 14.9 Å². The van der Waals surface area contributed by atoms with Crippen molar-refractivity contribution in [1.82, 2.24) is 10.6 Å². The van der Waals surface area contributed by atoms with Crippen LogP contribution >= 0.6 is 0 Å². The average Bonchev–Trinajstić information content (AvgIpc) is 2.81. The molecule has 0 fully saturated rings. The normalized spacial score (nSPS) is 11.6. The van der Waals surface area contributed by atoms with Crippen molar-refractivity contribution in [2.24, 2.45) is 0 Å². The topological polar surface area (TPSA) is 79.5 Å². The standard InChI is InChI=1S/C27H30FN3O3/c1-17-13-18(2)26(19(3)14-17)31-25(33)16-29-24(32)15-30-27(20-5-9-22(28)10-6-20)21-7-11-23(34-4)12-8-21/h5-14,27,30H,15-16H2,1-4H3,(H,29,32)(H,31,33). The Labute approximate surface area is 199 Å². The zero-order valence-corrected chi connectivity index (χ0v) is 19.9. The van der Waals surface area contributed by atoms with Gasteiger partial charge in [-0.05, 0) is 67.3 Å². The zero-order chi connectivity index (χ0) is 24.7. The molecule has 1 unspecified atom stereocenters. The van der Waals surface area contributed by atoms with Gasteiger partial charge in [0.25, 0.3) is 0 Å². The van der Waals surface area contributed by atoms with E-state index in [1.54, 1.807) is 19.2 Å². The highest BCUT2D eigenvalue weighted by atomic mass is 19.1. The minimum atomic E-state index is -0.344. The molecule has 0 spiro atoms. The van der Waals surface area contributed by atoms with Crippen LogP contribution in [0.2, 0.25) is 0 Å². The fourth-order valence-electron chi connectivity index (χ4n) is 3.88. The number of carbonyl (C=O) groups is 2.